The molecule has 2 heterocycles. The summed E-state index contributed by atoms with van der Waals surface area (Å²) in [5.41, 5.74) is 7.15. The van der Waals surface area contributed by atoms with Crippen molar-refractivity contribution in [2.24, 2.45) is 0 Å². The lowest BCUT2D eigenvalue weighted by molar-refractivity contribution is 0.186. The molecule has 3 rings (SSSR count). The number of nitrogen functional groups attached to an aromatic ring is 1. The number of fused-ring (bicyclic) bond motifs is 1. The number of pyridine rings is 2. The van der Waals surface area contributed by atoms with Gasteiger partial charge in [0.1, 0.15) is 5.75 Å². The molecule has 0 unspecified atom stereocenters. The van der Waals surface area contributed by atoms with Crippen LogP contribution in [0.15, 0.2) is 47.4 Å². The van der Waals surface area contributed by atoms with Gasteiger partial charge in [-0.25, -0.2) is 4.98 Å². The Kier molecular flexibility index (Phi) is 2.57. The molecule has 6 nitrogen and oxygen atoms in total. The average molecular weight is 269 g/mol. The van der Waals surface area contributed by atoms with E-state index >= 15 is 0 Å². The summed E-state index contributed by atoms with van der Waals surface area (Å²) >= 11 is 0. The monoisotopic (exact) mass is 269 g/mol. The fraction of sp³-hybridized carbons (Fsp3) is 0. The summed E-state index contributed by atoms with van der Waals surface area (Å²) in [6, 6.07) is 9.77. The van der Waals surface area contributed by atoms with Gasteiger partial charge in [0.15, 0.2) is 5.65 Å². The molecule has 20 heavy (non-hydrogen) atoms. The van der Waals surface area contributed by atoms with Crippen LogP contribution in [0.1, 0.15) is 0 Å². The lowest BCUT2D eigenvalue weighted by Gasteiger charge is -2.07. The van der Waals surface area contributed by atoms with E-state index in [1.165, 1.54) is 6.20 Å². The number of hydrogen-bond acceptors (Lipinski definition) is 5. The molecule has 0 radical (unpaired) electrons. The minimum atomic E-state index is -0.737. The van der Waals surface area contributed by atoms with Crippen LogP contribution >= 0.6 is 0 Å². The number of nitrogens with two attached hydrogens (primary N) is 1. The van der Waals surface area contributed by atoms with Gasteiger partial charge < -0.3 is 16.0 Å². The Bertz CT molecular complexity index is 871. The molecule has 0 aliphatic heterocycles. The SMILES string of the molecule is Nc1cccc(-c2cnc3c(c2)c(O)cc(=O)n3O)c1. The van der Waals surface area contributed by atoms with Crippen molar-refractivity contribution in [1.29, 1.82) is 0 Å². The zero-order valence-corrected chi connectivity index (χ0v) is 10.3. The van der Waals surface area contributed by atoms with Crippen LogP contribution in [0.3, 0.4) is 0 Å². The number of nitrogens with zero attached hydrogens (tertiary/aromatic N) is 2. The summed E-state index contributed by atoms with van der Waals surface area (Å²) in [6.07, 6.45) is 1.50. The molecule has 100 valence electrons. The van der Waals surface area contributed by atoms with Crippen LogP contribution in [0.5, 0.6) is 5.75 Å². The third-order valence-electron chi connectivity index (χ3n) is 3.03. The first-order valence-electron chi connectivity index (χ1n) is 5.86. The molecule has 0 aliphatic rings. The maximum Gasteiger partial charge on any atom is 0.288 e. The van der Waals surface area contributed by atoms with Crippen LogP contribution in [0.4, 0.5) is 5.69 Å². The third kappa shape index (κ3) is 1.83. The van der Waals surface area contributed by atoms with Gasteiger partial charge in [-0.3, -0.25) is 4.79 Å². The number of anilines is 1. The molecule has 0 bridgehead atoms. The minimum Gasteiger partial charge on any atom is -0.507 e. The van der Waals surface area contributed by atoms with Crippen molar-refractivity contribution in [2.75, 3.05) is 5.73 Å². The minimum absolute atomic E-state index is 0.00246. The third-order valence-corrected chi connectivity index (χ3v) is 3.03. The molecule has 1 aromatic carbocycles. The highest BCUT2D eigenvalue weighted by Gasteiger charge is 2.10. The molecule has 0 saturated carbocycles. The second-order valence-corrected chi connectivity index (χ2v) is 4.40. The Morgan fingerprint density at radius 2 is 1.95 bits per heavy atom. The highest BCUT2D eigenvalue weighted by Crippen LogP contribution is 2.27. The number of aromatic hydroxyl groups is 1. The van der Waals surface area contributed by atoms with Gasteiger partial charge in [0.2, 0.25) is 0 Å². The first kappa shape index (κ1) is 12.0. The van der Waals surface area contributed by atoms with E-state index in [-0.39, 0.29) is 16.8 Å². The first-order chi connectivity index (χ1) is 9.56. The van der Waals surface area contributed by atoms with Gasteiger partial charge in [0.05, 0.1) is 5.39 Å². The Morgan fingerprint density at radius 3 is 2.70 bits per heavy atom. The second-order valence-electron chi connectivity index (χ2n) is 4.40. The van der Waals surface area contributed by atoms with Gasteiger partial charge in [-0.2, -0.15) is 0 Å². The molecule has 0 saturated heterocycles. The van der Waals surface area contributed by atoms with Gasteiger partial charge in [-0.15, -0.1) is 4.73 Å². The van der Waals surface area contributed by atoms with Gasteiger partial charge in [-0.1, -0.05) is 12.1 Å². The van der Waals surface area contributed by atoms with E-state index in [4.69, 9.17) is 5.73 Å². The van der Waals surface area contributed by atoms with Crippen molar-refractivity contribution in [2.45, 2.75) is 0 Å². The zero-order chi connectivity index (χ0) is 14.3. The van der Waals surface area contributed by atoms with Crippen LogP contribution in [0.25, 0.3) is 22.2 Å². The van der Waals surface area contributed by atoms with Crippen molar-refractivity contribution in [3.63, 3.8) is 0 Å². The van der Waals surface area contributed by atoms with Crippen LogP contribution in [-0.4, -0.2) is 20.0 Å². The summed E-state index contributed by atoms with van der Waals surface area (Å²) in [6.45, 7) is 0. The molecule has 6 heteroatoms. The molecule has 3 aromatic rings. The van der Waals surface area contributed by atoms with E-state index in [9.17, 15) is 15.1 Å². The molecule has 0 amide bonds. The van der Waals surface area contributed by atoms with Crippen LogP contribution < -0.4 is 11.3 Å². The number of rotatable bonds is 1. The number of hydrogen-bond donors (Lipinski definition) is 3. The topological polar surface area (TPSA) is 101 Å². The van der Waals surface area contributed by atoms with Crippen LogP contribution in [0, 0.1) is 0 Å². The van der Waals surface area contributed by atoms with Crippen molar-refractivity contribution >= 4 is 16.7 Å². The van der Waals surface area contributed by atoms with Crippen molar-refractivity contribution < 1.29 is 10.3 Å². The molecular weight excluding hydrogens is 258 g/mol. The predicted molar refractivity (Wildman–Crippen MR) is 74.7 cm³/mol. The highest BCUT2D eigenvalue weighted by molar-refractivity contribution is 5.86. The quantitative estimate of drug-likeness (QED) is 0.460. The zero-order valence-electron chi connectivity index (χ0n) is 10.3. The highest BCUT2D eigenvalue weighted by atomic mass is 16.5. The van der Waals surface area contributed by atoms with Gasteiger partial charge in [0.25, 0.3) is 5.56 Å². The lowest BCUT2D eigenvalue weighted by atomic mass is 10.1. The average Bonchev–Trinajstić information content (AvgIpc) is 2.44. The predicted octanol–water partition coefficient (Wildman–Crippen LogP) is 1.59. The van der Waals surface area contributed by atoms with E-state index in [0.29, 0.717) is 10.4 Å². The molecular formula is C14H11N3O3. The van der Waals surface area contributed by atoms with Gasteiger partial charge >= 0.3 is 0 Å². The summed E-state index contributed by atoms with van der Waals surface area (Å²) in [4.78, 5) is 15.4. The fourth-order valence-corrected chi connectivity index (χ4v) is 2.05. The van der Waals surface area contributed by atoms with Crippen LogP contribution in [-0.2, 0) is 0 Å². The smallest absolute Gasteiger partial charge is 0.288 e. The first-order valence-corrected chi connectivity index (χ1v) is 5.86. The van der Waals surface area contributed by atoms with Crippen molar-refractivity contribution in [3.05, 3.63) is 52.9 Å². The maximum absolute atomic E-state index is 11.3. The van der Waals surface area contributed by atoms with E-state index < -0.39 is 5.56 Å². The molecule has 4 N–H and O–H groups in total. The van der Waals surface area contributed by atoms with E-state index in [1.807, 2.05) is 12.1 Å². The normalized spacial score (nSPS) is 10.8. The Labute approximate surface area is 113 Å². The Hall–Kier alpha value is -3.02. The molecule has 0 spiro atoms. The summed E-state index contributed by atoms with van der Waals surface area (Å²) < 4.78 is 0.401. The molecule has 0 atom stereocenters. The summed E-state index contributed by atoms with van der Waals surface area (Å²) in [5, 5.41) is 19.7. The van der Waals surface area contributed by atoms with E-state index in [2.05, 4.69) is 4.98 Å². The summed E-state index contributed by atoms with van der Waals surface area (Å²) in [7, 11) is 0. The molecule has 2 aromatic heterocycles. The van der Waals surface area contributed by atoms with Crippen LogP contribution in [0.2, 0.25) is 0 Å². The molecule has 0 aliphatic carbocycles. The number of aromatic nitrogens is 2. The van der Waals surface area contributed by atoms with E-state index in [0.717, 1.165) is 17.2 Å². The molecule has 0 fully saturated rings. The second kappa shape index (κ2) is 4.27. The van der Waals surface area contributed by atoms with E-state index in [1.54, 1.807) is 18.2 Å². The lowest BCUT2D eigenvalue weighted by Crippen LogP contribution is -2.17. The number of benzene rings is 1. The maximum atomic E-state index is 11.3. The van der Waals surface area contributed by atoms with Crippen molar-refractivity contribution in [3.8, 4) is 16.9 Å². The summed E-state index contributed by atoms with van der Waals surface area (Å²) in [5.74, 6) is -0.228. The standard InChI is InChI=1S/C14H11N3O3/c15-10-3-1-2-8(4-10)9-5-11-12(18)6-13(19)17(20)14(11)16-7-9/h1-7,18,20H,15H2. The fourth-order valence-electron chi connectivity index (χ4n) is 2.05. The largest absolute Gasteiger partial charge is 0.507 e. The van der Waals surface area contributed by atoms with Gasteiger partial charge in [-0.05, 0) is 23.8 Å². The Balaban J connectivity index is 2.29. The van der Waals surface area contributed by atoms with Gasteiger partial charge in [0, 0.05) is 23.5 Å². The van der Waals surface area contributed by atoms with Crippen molar-refractivity contribution in [1.82, 2.24) is 9.71 Å². The Morgan fingerprint density at radius 1 is 1.15 bits per heavy atom.